The average Bonchev–Trinajstić information content (AvgIpc) is 3.22. The van der Waals surface area contributed by atoms with E-state index in [4.69, 9.17) is 24.3 Å². The third kappa shape index (κ3) is 43.6. The number of unbranched alkanes of at least 4 members (excludes halogenated alkanes) is 3. The van der Waals surface area contributed by atoms with Crippen molar-refractivity contribution >= 4 is 19.8 Å². The molecule has 0 heterocycles. The second kappa shape index (κ2) is 43.7. The molecular formula is C49H76NO8P. The Kier molecular flexibility index (Phi) is 40.9. The number of rotatable bonds is 38. The number of hydrogen-bond acceptors (Lipinski definition) is 8. The zero-order chi connectivity index (χ0) is 43.2. The highest BCUT2D eigenvalue weighted by molar-refractivity contribution is 7.47. The molecular weight excluding hydrogens is 762 g/mol. The fourth-order valence-electron chi connectivity index (χ4n) is 4.88. The van der Waals surface area contributed by atoms with Gasteiger partial charge in [0.2, 0.25) is 0 Å². The summed E-state index contributed by atoms with van der Waals surface area (Å²) in [6.07, 6.45) is 60.8. The van der Waals surface area contributed by atoms with Crippen LogP contribution in [0, 0.1) is 0 Å². The summed E-state index contributed by atoms with van der Waals surface area (Å²) in [7, 11) is -4.42. The molecule has 0 saturated heterocycles. The lowest BCUT2D eigenvalue weighted by Crippen LogP contribution is -2.29. The maximum Gasteiger partial charge on any atom is 0.472 e. The summed E-state index contributed by atoms with van der Waals surface area (Å²) in [5.41, 5.74) is 5.34. The average molecular weight is 838 g/mol. The minimum Gasteiger partial charge on any atom is -0.462 e. The predicted molar refractivity (Wildman–Crippen MR) is 247 cm³/mol. The number of ether oxygens (including phenoxy) is 2. The van der Waals surface area contributed by atoms with E-state index in [0.717, 1.165) is 64.2 Å². The van der Waals surface area contributed by atoms with Crippen LogP contribution in [0.25, 0.3) is 0 Å². The Morgan fingerprint density at radius 1 is 0.525 bits per heavy atom. The van der Waals surface area contributed by atoms with E-state index >= 15 is 0 Å². The number of phosphoric acid groups is 1. The van der Waals surface area contributed by atoms with Crippen molar-refractivity contribution in [2.24, 2.45) is 5.73 Å². The number of carbonyl (C=O) groups is 2. The Bertz CT molecular complexity index is 1420. The minimum absolute atomic E-state index is 0.0243. The summed E-state index contributed by atoms with van der Waals surface area (Å²) in [6.45, 7) is 3.38. The van der Waals surface area contributed by atoms with Crippen LogP contribution in [0.2, 0.25) is 0 Å². The number of carbonyl (C=O) groups excluding carboxylic acids is 2. The van der Waals surface area contributed by atoms with Crippen LogP contribution in [0.15, 0.2) is 134 Å². The monoisotopic (exact) mass is 838 g/mol. The van der Waals surface area contributed by atoms with Crippen molar-refractivity contribution in [1.82, 2.24) is 0 Å². The summed E-state index contributed by atoms with van der Waals surface area (Å²) < 4.78 is 32.6. The fraction of sp³-hybridized carbons (Fsp3) is 0.510. The Labute approximate surface area is 357 Å². The molecule has 59 heavy (non-hydrogen) atoms. The lowest BCUT2D eigenvalue weighted by molar-refractivity contribution is -0.161. The minimum atomic E-state index is -4.42. The van der Waals surface area contributed by atoms with E-state index in [0.29, 0.717) is 12.8 Å². The van der Waals surface area contributed by atoms with Gasteiger partial charge in [0.1, 0.15) is 6.61 Å². The lowest BCUT2D eigenvalue weighted by atomic mass is 10.2. The molecule has 0 fully saturated rings. The third-order valence-electron chi connectivity index (χ3n) is 8.05. The van der Waals surface area contributed by atoms with Crippen LogP contribution in [-0.4, -0.2) is 49.3 Å². The van der Waals surface area contributed by atoms with E-state index in [1.165, 1.54) is 25.7 Å². The molecule has 0 aliphatic heterocycles. The second-order valence-corrected chi connectivity index (χ2v) is 14.9. The first kappa shape index (κ1) is 55.2. The molecule has 1 unspecified atom stereocenters. The van der Waals surface area contributed by atoms with E-state index in [2.05, 4.69) is 123 Å². The zero-order valence-corrected chi connectivity index (χ0v) is 37.1. The van der Waals surface area contributed by atoms with Crippen molar-refractivity contribution in [1.29, 1.82) is 0 Å². The molecule has 0 saturated carbocycles. The molecule has 0 aromatic heterocycles. The largest absolute Gasteiger partial charge is 0.472 e. The SMILES string of the molecule is CC/C=C/C/C=C/C/C=C/C/C=C/C/C=C/C/C=C/CCC(=O)O[C@H](COC(=O)CC/C=C/C/C=C/C/C=C/C/C=C/C/C=C/CCCCC)COP(=O)(O)OCCN. The summed E-state index contributed by atoms with van der Waals surface area (Å²) in [5.74, 6) is -1.04. The van der Waals surface area contributed by atoms with Gasteiger partial charge in [-0.25, -0.2) is 4.57 Å². The molecule has 0 aliphatic rings. The van der Waals surface area contributed by atoms with E-state index in [-0.39, 0.29) is 32.6 Å². The molecule has 0 radical (unpaired) electrons. The molecule has 0 aliphatic carbocycles. The highest BCUT2D eigenvalue weighted by atomic mass is 31.2. The maximum atomic E-state index is 12.6. The first-order valence-corrected chi connectivity index (χ1v) is 23.2. The molecule has 3 N–H and O–H groups in total. The van der Waals surface area contributed by atoms with Crippen LogP contribution < -0.4 is 5.73 Å². The standard InChI is InChI=1S/C49H76NO8P/c1-3-5-7-9-11-13-15-17-19-21-23-25-27-29-31-33-35-37-39-41-48(51)55-45-47(46-57-59(53,54)56-44-43-50)58-49(52)42-40-38-36-34-32-30-28-26-24-22-20-18-16-14-12-10-8-6-4-2/h6,8,11-14,17-20,23-26,29-32,35-38,47H,3-5,7,9-10,15-16,21-22,27-28,33-34,39-46,50H2,1-2H3,(H,53,54)/b8-6+,13-11+,14-12+,19-17+,20-18+,25-23+,26-24+,31-29+,32-30+,37-35+,38-36+/t47-/m1/s1. The molecule has 0 amide bonds. The number of phosphoric ester groups is 1. The lowest BCUT2D eigenvalue weighted by Gasteiger charge is -2.19. The van der Waals surface area contributed by atoms with Crippen LogP contribution in [-0.2, 0) is 32.7 Å². The first-order valence-electron chi connectivity index (χ1n) is 21.7. The van der Waals surface area contributed by atoms with Crippen molar-refractivity contribution in [3.05, 3.63) is 134 Å². The number of esters is 2. The van der Waals surface area contributed by atoms with E-state index < -0.39 is 32.5 Å². The molecule has 2 atom stereocenters. The Balaban J connectivity index is 4.44. The van der Waals surface area contributed by atoms with Crippen molar-refractivity contribution in [3.8, 4) is 0 Å². The molecule has 0 bridgehead atoms. The van der Waals surface area contributed by atoms with E-state index in [1.807, 2.05) is 24.3 Å². The van der Waals surface area contributed by atoms with Crippen LogP contribution in [0.4, 0.5) is 0 Å². The zero-order valence-electron chi connectivity index (χ0n) is 36.2. The third-order valence-corrected chi connectivity index (χ3v) is 9.03. The number of nitrogens with two attached hydrogens (primary N) is 1. The molecule has 0 aromatic carbocycles. The molecule has 330 valence electrons. The molecule has 10 heteroatoms. The first-order chi connectivity index (χ1) is 28.8. The van der Waals surface area contributed by atoms with Gasteiger partial charge >= 0.3 is 19.8 Å². The van der Waals surface area contributed by atoms with Crippen LogP contribution in [0.5, 0.6) is 0 Å². The maximum absolute atomic E-state index is 12.6. The highest BCUT2D eigenvalue weighted by Crippen LogP contribution is 2.43. The van der Waals surface area contributed by atoms with Crippen molar-refractivity contribution in [3.63, 3.8) is 0 Å². The highest BCUT2D eigenvalue weighted by Gasteiger charge is 2.25. The summed E-state index contributed by atoms with van der Waals surface area (Å²) >= 11 is 0. The molecule has 9 nitrogen and oxygen atoms in total. The van der Waals surface area contributed by atoms with Gasteiger partial charge in [0.15, 0.2) is 6.10 Å². The van der Waals surface area contributed by atoms with Gasteiger partial charge in [0.05, 0.1) is 13.2 Å². The predicted octanol–water partition coefficient (Wildman–Crippen LogP) is 12.7. The Morgan fingerprint density at radius 3 is 1.32 bits per heavy atom. The van der Waals surface area contributed by atoms with Gasteiger partial charge in [-0.15, -0.1) is 0 Å². The second-order valence-electron chi connectivity index (χ2n) is 13.5. The summed E-state index contributed by atoms with van der Waals surface area (Å²) in [4.78, 5) is 34.8. The van der Waals surface area contributed by atoms with Crippen LogP contribution in [0.1, 0.15) is 129 Å². The summed E-state index contributed by atoms with van der Waals surface area (Å²) in [5, 5.41) is 0. The Hall–Kier alpha value is -3.85. The van der Waals surface area contributed by atoms with Gasteiger partial charge in [-0.1, -0.05) is 160 Å². The van der Waals surface area contributed by atoms with Crippen LogP contribution >= 0.6 is 7.82 Å². The Morgan fingerprint density at radius 2 is 0.915 bits per heavy atom. The van der Waals surface area contributed by atoms with E-state index in [1.54, 1.807) is 0 Å². The van der Waals surface area contributed by atoms with Gasteiger partial charge in [-0.2, -0.15) is 0 Å². The molecule has 0 spiro atoms. The molecule has 0 aromatic rings. The molecule has 0 rings (SSSR count). The van der Waals surface area contributed by atoms with Gasteiger partial charge in [0.25, 0.3) is 0 Å². The normalized spacial score (nSPS) is 14.6. The number of hydrogen-bond donors (Lipinski definition) is 2. The van der Waals surface area contributed by atoms with Gasteiger partial charge in [-0.05, 0) is 89.9 Å². The smallest absolute Gasteiger partial charge is 0.462 e. The fourth-order valence-corrected chi connectivity index (χ4v) is 5.64. The van der Waals surface area contributed by atoms with Gasteiger partial charge in [0, 0.05) is 19.4 Å². The van der Waals surface area contributed by atoms with Crippen molar-refractivity contribution < 1.29 is 37.6 Å². The summed E-state index contributed by atoms with van der Waals surface area (Å²) in [6, 6.07) is 0. The van der Waals surface area contributed by atoms with Gasteiger partial charge < -0.3 is 20.1 Å². The van der Waals surface area contributed by atoms with Crippen LogP contribution in [0.3, 0.4) is 0 Å². The topological polar surface area (TPSA) is 134 Å². The van der Waals surface area contributed by atoms with Crippen molar-refractivity contribution in [2.45, 2.75) is 136 Å². The van der Waals surface area contributed by atoms with Gasteiger partial charge in [-0.3, -0.25) is 18.6 Å². The van der Waals surface area contributed by atoms with E-state index in [9.17, 15) is 19.0 Å². The number of allylic oxidation sites excluding steroid dienone is 22. The van der Waals surface area contributed by atoms with Crippen molar-refractivity contribution in [2.75, 3.05) is 26.4 Å². The quantitative estimate of drug-likeness (QED) is 0.0270.